The van der Waals surface area contributed by atoms with Crippen LogP contribution in [0.5, 0.6) is 5.75 Å². The van der Waals surface area contributed by atoms with E-state index in [4.69, 9.17) is 4.74 Å². The number of carbonyl (C=O) groups is 1. The van der Waals surface area contributed by atoms with Crippen LogP contribution < -0.4 is 4.74 Å². The van der Waals surface area contributed by atoms with Gasteiger partial charge in [-0.25, -0.2) is 8.78 Å². The van der Waals surface area contributed by atoms with E-state index in [-0.39, 0.29) is 24.7 Å². The Morgan fingerprint density at radius 2 is 2.27 bits per heavy atom. The lowest BCUT2D eigenvalue weighted by atomic mass is 10.0. The number of methoxy groups -OCH3 is 1. The zero-order valence-corrected chi connectivity index (χ0v) is 12.6. The third kappa shape index (κ3) is 3.05. The van der Waals surface area contributed by atoms with E-state index in [0.717, 1.165) is 17.9 Å². The fourth-order valence-corrected chi connectivity index (χ4v) is 3.40. The number of amides is 1. The Morgan fingerprint density at radius 1 is 1.45 bits per heavy atom. The molecule has 2 unspecified atom stereocenters. The lowest BCUT2D eigenvalue weighted by molar-refractivity contribution is -0.135. The van der Waals surface area contributed by atoms with Gasteiger partial charge < -0.3 is 9.64 Å². The van der Waals surface area contributed by atoms with Crippen molar-refractivity contribution in [2.24, 2.45) is 5.92 Å². The minimum atomic E-state index is -2.67. The lowest BCUT2D eigenvalue weighted by Crippen LogP contribution is -2.34. The van der Waals surface area contributed by atoms with E-state index < -0.39 is 11.8 Å². The topological polar surface area (TPSA) is 42.4 Å². The first-order chi connectivity index (χ1) is 10.5. The van der Waals surface area contributed by atoms with Crippen molar-refractivity contribution in [2.75, 3.05) is 20.2 Å². The number of pyridine rings is 1. The van der Waals surface area contributed by atoms with Crippen LogP contribution in [-0.2, 0) is 4.79 Å². The van der Waals surface area contributed by atoms with Gasteiger partial charge in [-0.15, -0.1) is 0 Å². The Morgan fingerprint density at radius 3 is 2.95 bits per heavy atom. The molecule has 0 N–H and O–H groups in total. The van der Waals surface area contributed by atoms with Gasteiger partial charge >= 0.3 is 0 Å². The number of nitrogens with zero attached hydrogens (tertiary/aromatic N) is 2. The van der Waals surface area contributed by atoms with E-state index >= 15 is 0 Å². The highest BCUT2D eigenvalue weighted by Crippen LogP contribution is 2.40. The first kappa shape index (κ1) is 15.2. The molecule has 0 aromatic carbocycles. The summed E-state index contributed by atoms with van der Waals surface area (Å²) in [5.41, 5.74) is 0.895. The SMILES string of the molecule is COc1ccnc(C2CCN(C(=O)C3CCC(F)(F)C3)C2)c1. The van der Waals surface area contributed by atoms with Crippen molar-refractivity contribution in [1.29, 1.82) is 0 Å². The number of alkyl halides is 2. The Kier molecular flexibility index (Phi) is 4.02. The molecule has 0 bridgehead atoms. The average molecular weight is 310 g/mol. The summed E-state index contributed by atoms with van der Waals surface area (Å²) in [5, 5.41) is 0. The molecule has 2 fully saturated rings. The lowest BCUT2D eigenvalue weighted by Gasteiger charge is -2.20. The summed E-state index contributed by atoms with van der Waals surface area (Å²) < 4.78 is 31.7. The molecule has 1 aliphatic heterocycles. The molecule has 0 radical (unpaired) electrons. The maximum absolute atomic E-state index is 13.3. The number of rotatable bonds is 3. The minimum absolute atomic E-state index is 0.123. The number of carbonyl (C=O) groups excluding carboxylic acids is 1. The molecule has 1 aromatic heterocycles. The van der Waals surface area contributed by atoms with Crippen LogP contribution in [0.15, 0.2) is 18.3 Å². The zero-order valence-electron chi connectivity index (χ0n) is 12.6. The number of aromatic nitrogens is 1. The third-order valence-electron chi connectivity index (χ3n) is 4.66. The molecule has 1 aromatic rings. The Bertz CT molecular complexity index is 565. The molecule has 0 spiro atoms. The van der Waals surface area contributed by atoms with E-state index in [1.807, 2.05) is 6.07 Å². The molecule has 2 heterocycles. The van der Waals surface area contributed by atoms with Gasteiger partial charge in [-0.2, -0.15) is 0 Å². The molecule has 2 atom stereocenters. The third-order valence-corrected chi connectivity index (χ3v) is 4.66. The smallest absolute Gasteiger partial charge is 0.248 e. The van der Waals surface area contributed by atoms with Crippen molar-refractivity contribution in [3.05, 3.63) is 24.0 Å². The predicted octanol–water partition coefficient (Wildman–Crippen LogP) is 2.84. The second kappa shape index (κ2) is 5.82. The summed E-state index contributed by atoms with van der Waals surface area (Å²) in [6.45, 7) is 1.17. The normalized spacial score (nSPS) is 27.1. The Labute approximate surface area is 128 Å². The maximum atomic E-state index is 13.3. The Balaban J connectivity index is 1.63. The highest BCUT2D eigenvalue weighted by Gasteiger charge is 2.44. The van der Waals surface area contributed by atoms with Crippen molar-refractivity contribution in [1.82, 2.24) is 9.88 Å². The van der Waals surface area contributed by atoms with Gasteiger partial charge in [0.15, 0.2) is 0 Å². The second-order valence-corrected chi connectivity index (χ2v) is 6.19. The van der Waals surface area contributed by atoms with Crippen molar-refractivity contribution >= 4 is 5.91 Å². The average Bonchev–Trinajstić information content (AvgIpc) is 3.13. The van der Waals surface area contributed by atoms with E-state index in [9.17, 15) is 13.6 Å². The zero-order chi connectivity index (χ0) is 15.7. The molecule has 120 valence electrons. The van der Waals surface area contributed by atoms with E-state index in [0.29, 0.717) is 19.5 Å². The van der Waals surface area contributed by atoms with Gasteiger partial charge in [0.05, 0.1) is 7.11 Å². The molecule has 22 heavy (non-hydrogen) atoms. The van der Waals surface area contributed by atoms with E-state index in [1.165, 1.54) is 0 Å². The van der Waals surface area contributed by atoms with Crippen LogP contribution in [-0.4, -0.2) is 41.9 Å². The maximum Gasteiger partial charge on any atom is 0.248 e. The predicted molar refractivity (Wildman–Crippen MR) is 77.0 cm³/mol. The molecule has 1 saturated carbocycles. The van der Waals surface area contributed by atoms with Crippen LogP contribution in [0.2, 0.25) is 0 Å². The molecular formula is C16H20F2N2O2. The monoisotopic (exact) mass is 310 g/mol. The van der Waals surface area contributed by atoms with Gasteiger partial charge in [-0.1, -0.05) is 0 Å². The molecule has 2 aliphatic rings. The van der Waals surface area contributed by atoms with Crippen molar-refractivity contribution in [2.45, 2.75) is 37.5 Å². The van der Waals surface area contributed by atoms with Gasteiger partial charge in [-0.05, 0) is 18.9 Å². The molecule has 1 saturated heterocycles. The first-order valence-electron chi connectivity index (χ1n) is 7.65. The number of ether oxygens (including phenoxy) is 1. The summed E-state index contributed by atoms with van der Waals surface area (Å²) in [5.74, 6) is -2.42. The quantitative estimate of drug-likeness (QED) is 0.862. The van der Waals surface area contributed by atoms with Crippen LogP contribution >= 0.6 is 0 Å². The summed E-state index contributed by atoms with van der Waals surface area (Å²) in [6, 6.07) is 3.66. The minimum Gasteiger partial charge on any atom is -0.497 e. The summed E-state index contributed by atoms with van der Waals surface area (Å²) >= 11 is 0. The number of halogens is 2. The van der Waals surface area contributed by atoms with E-state index in [1.54, 1.807) is 24.3 Å². The second-order valence-electron chi connectivity index (χ2n) is 6.19. The van der Waals surface area contributed by atoms with Gasteiger partial charge in [0.1, 0.15) is 5.75 Å². The van der Waals surface area contributed by atoms with Crippen molar-refractivity contribution in [3.63, 3.8) is 0 Å². The van der Waals surface area contributed by atoms with Gasteiger partial charge in [0, 0.05) is 55.7 Å². The summed E-state index contributed by atoms with van der Waals surface area (Å²) in [7, 11) is 1.60. The largest absolute Gasteiger partial charge is 0.497 e. The van der Waals surface area contributed by atoms with Crippen LogP contribution in [0.3, 0.4) is 0 Å². The molecule has 1 amide bonds. The highest BCUT2D eigenvalue weighted by atomic mass is 19.3. The molecule has 4 nitrogen and oxygen atoms in total. The standard InChI is InChI=1S/C16H20F2N2O2/c1-22-13-3-6-19-14(8-13)12-4-7-20(10-12)15(21)11-2-5-16(17,18)9-11/h3,6,8,11-12H,2,4-5,7,9-10H2,1H3. The fourth-order valence-electron chi connectivity index (χ4n) is 3.40. The van der Waals surface area contributed by atoms with Gasteiger partial charge in [-0.3, -0.25) is 9.78 Å². The van der Waals surface area contributed by atoms with Crippen LogP contribution in [0, 0.1) is 5.92 Å². The Hall–Kier alpha value is -1.72. The number of hydrogen-bond acceptors (Lipinski definition) is 3. The van der Waals surface area contributed by atoms with Gasteiger partial charge in [0.2, 0.25) is 11.8 Å². The number of hydrogen-bond donors (Lipinski definition) is 0. The van der Waals surface area contributed by atoms with Crippen LogP contribution in [0.4, 0.5) is 8.78 Å². The summed E-state index contributed by atoms with van der Waals surface area (Å²) in [6.07, 6.45) is 2.33. The van der Waals surface area contributed by atoms with Crippen LogP contribution in [0.25, 0.3) is 0 Å². The molecule has 1 aliphatic carbocycles. The molecule has 3 rings (SSSR count). The molecule has 6 heteroatoms. The fraction of sp³-hybridized carbons (Fsp3) is 0.625. The van der Waals surface area contributed by atoms with E-state index in [2.05, 4.69) is 4.98 Å². The van der Waals surface area contributed by atoms with Crippen molar-refractivity contribution in [3.8, 4) is 5.75 Å². The number of likely N-dealkylation sites (tertiary alicyclic amines) is 1. The van der Waals surface area contributed by atoms with Crippen molar-refractivity contribution < 1.29 is 18.3 Å². The van der Waals surface area contributed by atoms with Gasteiger partial charge in [0.25, 0.3) is 0 Å². The summed E-state index contributed by atoms with van der Waals surface area (Å²) in [4.78, 5) is 18.4. The first-order valence-corrected chi connectivity index (χ1v) is 7.65. The molecular weight excluding hydrogens is 290 g/mol. The highest BCUT2D eigenvalue weighted by molar-refractivity contribution is 5.79. The van der Waals surface area contributed by atoms with Crippen LogP contribution in [0.1, 0.15) is 37.3 Å².